The Morgan fingerprint density at radius 3 is 2.25 bits per heavy atom. The van der Waals surface area contributed by atoms with Gasteiger partial charge < -0.3 is 24.5 Å². The molecule has 3 amide bonds. The Labute approximate surface area is 324 Å². The summed E-state index contributed by atoms with van der Waals surface area (Å²) in [5, 5.41) is 12.7. The van der Waals surface area contributed by atoms with E-state index in [1.165, 1.54) is 61.8 Å². The van der Waals surface area contributed by atoms with Crippen LogP contribution in [-0.2, 0) is 27.5 Å². The summed E-state index contributed by atoms with van der Waals surface area (Å²) in [5.41, 5.74) is 7.50. The average molecular weight is 746 g/mol. The second-order valence-corrected chi connectivity index (χ2v) is 17.2. The van der Waals surface area contributed by atoms with Crippen LogP contribution in [0, 0.1) is 11.8 Å². The van der Waals surface area contributed by atoms with Gasteiger partial charge in [0, 0.05) is 81.6 Å². The number of rotatable bonds is 7. The molecule has 290 valence electrons. The number of hydrogen-bond acceptors (Lipinski definition) is 8. The lowest BCUT2D eigenvalue weighted by atomic mass is 9.65. The van der Waals surface area contributed by atoms with E-state index in [2.05, 4.69) is 63.3 Å². The first-order chi connectivity index (χ1) is 26.7. The number of nitrogens with zero attached hydrogens (tertiary/aromatic N) is 4. The average Bonchev–Trinajstić information content (AvgIpc) is 3.53. The highest BCUT2D eigenvalue weighted by atomic mass is 16.5. The van der Waals surface area contributed by atoms with Crippen molar-refractivity contribution in [2.75, 3.05) is 55.6 Å². The number of hydrogen-bond donors (Lipinski definition) is 2. The third kappa shape index (κ3) is 7.01. The van der Waals surface area contributed by atoms with Crippen molar-refractivity contribution in [2.24, 2.45) is 11.8 Å². The number of carbonyl (C=O) groups excluding carboxylic acids is 3. The molecule has 9 rings (SSSR count). The van der Waals surface area contributed by atoms with E-state index < -0.39 is 6.04 Å². The molecule has 0 bridgehead atoms. The summed E-state index contributed by atoms with van der Waals surface area (Å²) in [7, 11) is 0. The second kappa shape index (κ2) is 14.9. The summed E-state index contributed by atoms with van der Waals surface area (Å²) >= 11 is 0. The Hall–Kier alpha value is -4.41. The highest BCUT2D eigenvalue weighted by Crippen LogP contribution is 2.51. The minimum Gasteiger partial charge on any atom is -0.508 e. The molecule has 3 aromatic rings. The number of carbonyl (C=O) groups is 3. The van der Waals surface area contributed by atoms with Gasteiger partial charge in [0.05, 0.1) is 12.2 Å². The molecular formula is C45H55N5O5. The molecule has 0 radical (unpaired) electrons. The van der Waals surface area contributed by atoms with Crippen LogP contribution in [0.2, 0.25) is 0 Å². The van der Waals surface area contributed by atoms with E-state index in [9.17, 15) is 19.5 Å². The Bertz CT molecular complexity index is 1930. The standard InChI is InChI=1S/C45H55N5O5/c1-45(34-5-3-2-4-6-34)42(38-14-12-37(51)26-33(38)29-55-45)31-7-9-35(10-8-31)48-19-17-30(18-20-48)27-47-21-23-49(24-22-47)36-11-13-39-32(25-36)28-50(44(39)54)40-15-16-41(52)46-43(40)53/h7-14,25-26,30,34,40,42,51H,2-6,15-24,27-29H2,1H3,(H,46,52,53)/t40-,42-,45-/m0/s1. The SMILES string of the molecule is C[C@@]1(C2CCCCC2)OCc2cc(O)ccc2[C@@H]1c1ccc(N2CCC(CN3CCN(c4ccc5c(c4)CN([C@H]4CCC(=O)NC4=O)C5=O)CC3)CC2)cc1. The number of piperazine rings is 1. The van der Waals surface area contributed by atoms with E-state index in [1.54, 1.807) is 4.90 Å². The zero-order valence-corrected chi connectivity index (χ0v) is 32.2. The molecule has 3 atom stereocenters. The smallest absolute Gasteiger partial charge is 0.255 e. The lowest BCUT2D eigenvalue weighted by molar-refractivity contribution is -0.136. The maximum atomic E-state index is 13.2. The minimum absolute atomic E-state index is 0.121. The zero-order chi connectivity index (χ0) is 37.7. The fraction of sp³-hybridized carbons (Fsp3) is 0.533. The van der Waals surface area contributed by atoms with Crippen molar-refractivity contribution in [3.63, 3.8) is 0 Å². The molecule has 0 spiro atoms. The Morgan fingerprint density at radius 1 is 0.782 bits per heavy atom. The van der Waals surface area contributed by atoms with Gasteiger partial charge in [-0.1, -0.05) is 37.5 Å². The Balaban J connectivity index is 0.783. The van der Waals surface area contributed by atoms with Gasteiger partial charge >= 0.3 is 0 Å². The molecule has 3 saturated heterocycles. The van der Waals surface area contributed by atoms with Gasteiger partial charge in [-0.2, -0.15) is 0 Å². The van der Waals surface area contributed by atoms with Gasteiger partial charge in [-0.25, -0.2) is 0 Å². The van der Waals surface area contributed by atoms with Crippen LogP contribution in [0.1, 0.15) is 103 Å². The van der Waals surface area contributed by atoms with Crippen molar-refractivity contribution in [3.05, 3.63) is 88.5 Å². The number of piperidine rings is 2. The van der Waals surface area contributed by atoms with E-state index in [4.69, 9.17) is 4.74 Å². The fourth-order valence-electron chi connectivity index (χ4n) is 10.7. The molecule has 0 aromatic heterocycles. The van der Waals surface area contributed by atoms with E-state index in [1.807, 2.05) is 24.3 Å². The van der Waals surface area contributed by atoms with Crippen LogP contribution in [0.3, 0.4) is 0 Å². The van der Waals surface area contributed by atoms with Crippen molar-refractivity contribution in [1.82, 2.24) is 15.1 Å². The van der Waals surface area contributed by atoms with Crippen LogP contribution in [0.25, 0.3) is 0 Å². The third-order valence-electron chi connectivity index (χ3n) is 13.9. The van der Waals surface area contributed by atoms with Gasteiger partial charge in [0.25, 0.3) is 5.91 Å². The first kappa shape index (κ1) is 36.2. The highest BCUT2D eigenvalue weighted by molar-refractivity contribution is 6.05. The van der Waals surface area contributed by atoms with Crippen LogP contribution in [-0.4, -0.2) is 90.1 Å². The minimum atomic E-state index is -0.586. The zero-order valence-electron chi connectivity index (χ0n) is 32.2. The van der Waals surface area contributed by atoms with Gasteiger partial charge in [0.15, 0.2) is 0 Å². The molecule has 3 aromatic carbocycles. The van der Waals surface area contributed by atoms with E-state index in [-0.39, 0.29) is 35.7 Å². The maximum absolute atomic E-state index is 13.2. The van der Waals surface area contributed by atoms with Crippen LogP contribution in [0.4, 0.5) is 11.4 Å². The molecule has 1 saturated carbocycles. The van der Waals surface area contributed by atoms with E-state index >= 15 is 0 Å². The quantitative estimate of drug-likeness (QED) is 0.276. The predicted molar refractivity (Wildman–Crippen MR) is 212 cm³/mol. The molecule has 4 fully saturated rings. The monoisotopic (exact) mass is 745 g/mol. The first-order valence-electron chi connectivity index (χ1n) is 20.8. The number of benzene rings is 3. The number of imide groups is 1. The fourth-order valence-corrected chi connectivity index (χ4v) is 10.7. The van der Waals surface area contributed by atoms with Gasteiger partial charge in [-0.15, -0.1) is 0 Å². The molecule has 5 aliphatic heterocycles. The molecular weight excluding hydrogens is 691 g/mol. The number of phenolic OH excluding ortho intramolecular Hbond substituents is 1. The van der Waals surface area contributed by atoms with Crippen LogP contribution < -0.4 is 15.1 Å². The van der Waals surface area contributed by atoms with Gasteiger partial charge in [0.1, 0.15) is 11.8 Å². The Morgan fingerprint density at radius 2 is 1.51 bits per heavy atom. The van der Waals surface area contributed by atoms with Gasteiger partial charge in [-0.3, -0.25) is 24.6 Å². The first-order valence-corrected chi connectivity index (χ1v) is 20.8. The number of amides is 3. The number of fused-ring (bicyclic) bond motifs is 2. The molecule has 55 heavy (non-hydrogen) atoms. The molecule has 5 heterocycles. The van der Waals surface area contributed by atoms with Crippen LogP contribution in [0.5, 0.6) is 5.75 Å². The maximum Gasteiger partial charge on any atom is 0.255 e. The third-order valence-corrected chi connectivity index (χ3v) is 13.9. The van der Waals surface area contributed by atoms with Crippen molar-refractivity contribution >= 4 is 29.1 Å². The lowest BCUT2D eigenvalue weighted by Gasteiger charge is -2.49. The Kier molecular flexibility index (Phi) is 9.83. The summed E-state index contributed by atoms with van der Waals surface area (Å²) in [4.78, 5) is 46.5. The number of nitrogens with one attached hydrogen (secondary N) is 1. The largest absolute Gasteiger partial charge is 0.508 e. The van der Waals surface area contributed by atoms with Crippen molar-refractivity contribution < 1.29 is 24.2 Å². The second-order valence-electron chi connectivity index (χ2n) is 17.2. The van der Waals surface area contributed by atoms with Gasteiger partial charge in [0.2, 0.25) is 11.8 Å². The molecule has 10 heteroatoms. The molecule has 0 unspecified atom stereocenters. The summed E-state index contributed by atoms with van der Waals surface area (Å²) in [6.07, 6.45) is 9.34. The molecule has 1 aliphatic carbocycles. The van der Waals surface area contributed by atoms with Crippen molar-refractivity contribution in [2.45, 2.75) is 95.4 Å². The number of anilines is 2. The van der Waals surface area contributed by atoms with Crippen LogP contribution in [0.15, 0.2) is 60.7 Å². The molecule has 10 nitrogen and oxygen atoms in total. The normalized spacial score (nSPS) is 26.9. The number of ether oxygens (including phenoxy) is 1. The molecule has 2 N–H and O–H groups in total. The van der Waals surface area contributed by atoms with E-state index in [0.717, 1.165) is 62.6 Å². The highest BCUT2D eigenvalue weighted by Gasteiger charge is 2.47. The van der Waals surface area contributed by atoms with Crippen molar-refractivity contribution in [1.29, 1.82) is 0 Å². The number of phenols is 1. The summed E-state index contributed by atoms with van der Waals surface area (Å²) in [6, 6.07) is 20.7. The number of aromatic hydroxyl groups is 1. The summed E-state index contributed by atoms with van der Waals surface area (Å²) in [6.45, 7) is 10.5. The molecule has 6 aliphatic rings. The summed E-state index contributed by atoms with van der Waals surface area (Å²) in [5.74, 6) is 0.909. The lowest BCUT2D eigenvalue weighted by Crippen LogP contribution is -2.52. The van der Waals surface area contributed by atoms with Gasteiger partial charge in [-0.05, 0) is 116 Å². The summed E-state index contributed by atoms with van der Waals surface area (Å²) < 4.78 is 6.79. The van der Waals surface area contributed by atoms with E-state index in [0.29, 0.717) is 42.7 Å². The topological polar surface area (TPSA) is 106 Å². The van der Waals surface area contributed by atoms with Crippen molar-refractivity contribution in [3.8, 4) is 5.75 Å². The predicted octanol–water partition coefficient (Wildman–Crippen LogP) is 6.19. The van der Waals surface area contributed by atoms with Crippen LogP contribution >= 0.6 is 0 Å².